The van der Waals surface area contributed by atoms with E-state index in [1.165, 1.54) is 0 Å². The second kappa shape index (κ2) is 9.21. The molecule has 0 radical (unpaired) electrons. The molecular weight excluding hydrogens is 412 g/mol. The minimum absolute atomic E-state index is 0.0327. The summed E-state index contributed by atoms with van der Waals surface area (Å²) in [6.45, 7) is 1.60. The number of aromatic amines is 1. The minimum Gasteiger partial charge on any atom is -0.345 e. The van der Waals surface area contributed by atoms with E-state index in [9.17, 15) is 14.4 Å². The predicted octanol–water partition coefficient (Wildman–Crippen LogP) is 1.34. The van der Waals surface area contributed by atoms with Crippen molar-refractivity contribution < 1.29 is 14.1 Å². The summed E-state index contributed by atoms with van der Waals surface area (Å²) in [6, 6.07) is 15.4. The molecule has 2 aromatic heterocycles. The molecule has 3 N–H and O–H groups in total. The van der Waals surface area contributed by atoms with Gasteiger partial charge in [0.15, 0.2) is 0 Å². The lowest BCUT2D eigenvalue weighted by atomic mass is 10.1. The normalized spacial score (nSPS) is 11.8. The third kappa shape index (κ3) is 4.69. The Morgan fingerprint density at radius 2 is 1.78 bits per heavy atom. The fourth-order valence-corrected chi connectivity index (χ4v) is 3.16. The van der Waals surface area contributed by atoms with Gasteiger partial charge in [0.05, 0.1) is 24.0 Å². The summed E-state index contributed by atoms with van der Waals surface area (Å²) in [4.78, 5) is 40.9. The lowest BCUT2D eigenvalue weighted by Crippen LogP contribution is -2.45. The van der Waals surface area contributed by atoms with E-state index in [1.54, 1.807) is 31.2 Å². The number of carbonyl (C=O) groups is 2. The van der Waals surface area contributed by atoms with E-state index in [2.05, 4.69) is 31.0 Å². The van der Waals surface area contributed by atoms with Crippen LogP contribution in [-0.4, -0.2) is 38.2 Å². The van der Waals surface area contributed by atoms with E-state index in [1.807, 2.05) is 30.3 Å². The molecule has 0 aliphatic carbocycles. The Kier molecular flexibility index (Phi) is 6.02. The molecule has 2 amide bonds. The zero-order valence-corrected chi connectivity index (χ0v) is 17.2. The quantitative estimate of drug-likeness (QED) is 0.400. The van der Waals surface area contributed by atoms with Crippen LogP contribution >= 0.6 is 0 Å². The highest BCUT2D eigenvalue weighted by Gasteiger charge is 2.18. The van der Waals surface area contributed by atoms with Crippen LogP contribution < -0.4 is 16.2 Å². The van der Waals surface area contributed by atoms with Gasteiger partial charge in [-0.3, -0.25) is 14.4 Å². The van der Waals surface area contributed by atoms with Crippen molar-refractivity contribution in [2.75, 3.05) is 0 Å². The third-order valence-electron chi connectivity index (χ3n) is 4.79. The molecule has 2 heterocycles. The number of hydrogen-bond acceptors (Lipinski definition) is 7. The number of carbonyl (C=O) groups excluding carboxylic acids is 2. The standard InChI is InChI=1S/C22H20N6O4/c1-13(21(30)23-12-19-25-20(28-32-19)14-7-3-2-4-8-14)24-18(29)11-17-15-9-5-6-10-16(15)22(31)27-26-17/h2-10,13H,11-12H2,1H3,(H,23,30)(H,24,29)(H,27,31)/t13-/m1/s1. The largest absolute Gasteiger partial charge is 0.345 e. The molecule has 2 aromatic carbocycles. The van der Waals surface area contributed by atoms with Crippen LogP contribution in [0.3, 0.4) is 0 Å². The summed E-state index contributed by atoms with van der Waals surface area (Å²) in [5.74, 6) is -0.130. The molecule has 0 spiro atoms. The van der Waals surface area contributed by atoms with Crippen molar-refractivity contribution >= 4 is 22.6 Å². The number of aromatic nitrogens is 4. The Hall–Kier alpha value is -4.34. The molecule has 0 unspecified atom stereocenters. The maximum Gasteiger partial charge on any atom is 0.272 e. The van der Waals surface area contributed by atoms with E-state index < -0.39 is 17.9 Å². The predicted molar refractivity (Wildman–Crippen MR) is 115 cm³/mol. The second-order valence-electron chi connectivity index (χ2n) is 7.11. The van der Waals surface area contributed by atoms with Crippen LogP contribution in [0.1, 0.15) is 18.5 Å². The molecule has 162 valence electrons. The zero-order valence-electron chi connectivity index (χ0n) is 17.2. The van der Waals surface area contributed by atoms with Crippen LogP contribution in [0.15, 0.2) is 63.9 Å². The molecule has 10 nitrogen and oxygen atoms in total. The number of rotatable bonds is 7. The van der Waals surface area contributed by atoms with Crippen molar-refractivity contribution in [3.63, 3.8) is 0 Å². The lowest BCUT2D eigenvalue weighted by Gasteiger charge is -2.13. The van der Waals surface area contributed by atoms with E-state index in [0.717, 1.165) is 5.56 Å². The van der Waals surface area contributed by atoms with Crippen LogP contribution in [0.2, 0.25) is 0 Å². The number of benzene rings is 2. The second-order valence-corrected chi connectivity index (χ2v) is 7.11. The third-order valence-corrected chi connectivity index (χ3v) is 4.79. The van der Waals surface area contributed by atoms with Gasteiger partial charge in [0, 0.05) is 10.9 Å². The summed E-state index contributed by atoms with van der Waals surface area (Å²) in [6.07, 6.45) is -0.0843. The van der Waals surface area contributed by atoms with Gasteiger partial charge in [-0.25, -0.2) is 5.10 Å². The van der Waals surface area contributed by atoms with Crippen molar-refractivity contribution in [3.05, 3.63) is 76.5 Å². The Morgan fingerprint density at radius 3 is 2.56 bits per heavy atom. The first-order chi connectivity index (χ1) is 15.5. The van der Waals surface area contributed by atoms with Gasteiger partial charge in [0.25, 0.3) is 5.56 Å². The number of H-pyrrole nitrogens is 1. The molecule has 0 saturated heterocycles. The summed E-state index contributed by atoms with van der Waals surface area (Å²) >= 11 is 0. The van der Waals surface area contributed by atoms with Gasteiger partial charge in [0.1, 0.15) is 6.04 Å². The highest BCUT2D eigenvalue weighted by atomic mass is 16.5. The highest BCUT2D eigenvalue weighted by Crippen LogP contribution is 2.15. The Balaban J connectivity index is 1.32. The average molecular weight is 432 g/mol. The van der Waals surface area contributed by atoms with Gasteiger partial charge in [-0.05, 0) is 13.0 Å². The van der Waals surface area contributed by atoms with Crippen molar-refractivity contribution in [3.8, 4) is 11.4 Å². The Bertz CT molecular complexity index is 1310. The number of fused-ring (bicyclic) bond motifs is 1. The minimum atomic E-state index is -0.798. The van der Waals surface area contributed by atoms with E-state index in [-0.39, 0.29) is 24.4 Å². The molecule has 1 atom stereocenters. The van der Waals surface area contributed by atoms with E-state index >= 15 is 0 Å². The molecule has 0 fully saturated rings. The first-order valence-corrected chi connectivity index (χ1v) is 9.92. The smallest absolute Gasteiger partial charge is 0.272 e. The van der Waals surface area contributed by atoms with Crippen molar-refractivity contribution in [1.29, 1.82) is 0 Å². The van der Waals surface area contributed by atoms with Crippen LogP contribution in [0.5, 0.6) is 0 Å². The fourth-order valence-electron chi connectivity index (χ4n) is 3.16. The van der Waals surface area contributed by atoms with Gasteiger partial charge < -0.3 is 15.2 Å². The molecule has 32 heavy (non-hydrogen) atoms. The maximum absolute atomic E-state index is 12.4. The molecule has 0 aliphatic heterocycles. The fraction of sp³-hybridized carbons (Fsp3) is 0.182. The molecule has 10 heteroatoms. The first-order valence-electron chi connectivity index (χ1n) is 9.92. The zero-order chi connectivity index (χ0) is 22.5. The summed E-state index contributed by atoms with van der Waals surface area (Å²) in [7, 11) is 0. The van der Waals surface area contributed by atoms with Crippen LogP contribution in [-0.2, 0) is 22.6 Å². The molecule has 0 saturated carbocycles. The van der Waals surface area contributed by atoms with Gasteiger partial charge in [-0.2, -0.15) is 10.1 Å². The molecule has 4 rings (SSSR count). The number of nitrogens with zero attached hydrogens (tertiary/aromatic N) is 3. The lowest BCUT2D eigenvalue weighted by molar-refractivity contribution is -0.128. The average Bonchev–Trinajstić information content (AvgIpc) is 3.29. The highest BCUT2D eigenvalue weighted by molar-refractivity contribution is 5.91. The molecule has 4 aromatic rings. The van der Waals surface area contributed by atoms with Crippen LogP contribution in [0.4, 0.5) is 0 Å². The molecule has 0 bridgehead atoms. The Morgan fingerprint density at radius 1 is 1.06 bits per heavy atom. The van der Waals surface area contributed by atoms with Gasteiger partial charge in [0.2, 0.25) is 23.5 Å². The van der Waals surface area contributed by atoms with E-state index in [4.69, 9.17) is 4.52 Å². The van der Waals surface area contributed by atoms with Gasteiger partial charge in [-0.15, -0.1) is 0 Å². The Labute approximate surface area is 182 Å². The van der Waals surface area contributed by atoms with Crippen molar-refractivity contribution in [1.82, 2.24) is 31.0 Å². The first kappa shape index (κ1) is 20.9. The molecular formula is C22H20N6O4. The summed E-state index contributed by atoms with van der Waals surface area (Å²) in [5, 5.41) is 16.6. The topological polar surface area (TPSA) is 143 Å². The summed E-state index contributed by atoms with van der Waals surface area (Å²) in [5.41, 5.74) is 0.899. The number of amides is 2. The van der Waals surface area contributed by atoms with Gasteiger partial charge >= 0.3 is 0 Å². The van der Waals surface area contributed by atoms with E-state index in [0.29, 0.717) is 22.3 Å². The van der Waals surface area contributed by atoms with Crippen molar-refractivity contribution in [2.45, 2.75) is 25.9 Å². The maximum atomic E-state index is 12.4. The van der Waals surface area contributed by atoms with Crippen LogP contribution in [0.25, 0.3) is 22.2 Å². The molecule has 0 aliphatic rings. The number of hydrogen-bond donors (Lipinski definition) is 3. The monoisotopic (exact) mass is 432 g/mol. The van der Waals surface area contributed by atoms with Gasteiger partial charge in [-0.1, -0.05) is 53.7 Å². The van der Waals surface area contributed by atoms with Crippen molar-refractivity contribution in [2.24, 2.45) is 0 Å². The SMILES string of the molecule is C[C@@H](NC(=O)Cc1n[nH]c(=O)c2ccccc12)C(=O)NCc1nc(-c2ccccc2)no1. The van der Waals surface area contributed by atoms with Crippen LogP contribution in [0, 0.1) is 0 Å². The summed E-state index contributed by atoms with van der Waals surface area (Å²) < 4.78 is 5.16. The number of nitrogens with one attached hydrogen (secondary N) is 3.